The lowest BCUT2D eigenvalue weighted by molar-refractivity contribution is -0.122. The summed E-state index contributed by atoms with van der Waals surface area (Å²) in [4.78, 5) is 26.4. The fourth-order valence-corrected chi connectivity index (χ4v) is 3.27. The van der Waals surface area contributed by atoms with Crippen molar-refractivity contribution in [2.45, 2.75) is 6.42 Å². The van der Waals surface area contributed by atoms with E-state index in [-0.39, 0.29) is 24.1 Å². The minimum Gasteiger partial charge on any atom is -0.326 e. The Labute approximate surface area is 150 Å². The van der Waals surface area contributed by atoms with E-state index in [1.54, 1.807) is 12.1 Å². The van der Waals surface area contributed by atoms with Gasteiger partial charge in [-0.25, -0.2) is 4.39 Å². The maximum absolute atomic E-state index is 13.1. The molecular formula is C21H17FN2O2. The monoisotopic (exact) mass is 348 g/mol. The SMILES string of the molecule is O=C(Nc1ccc2ccccc2c1)[C@@H]1CC(=O)N(c2ccc(F)cc2)C1. The second kappa shape index (κ2) is 6.59. The molecule has 0 radical (unpaired) electrons. The van der Waals surface area contributed by atoms with Gasteiger partial charge in [0.2, 0.25) is 11.8 Å². The molecule has 130 valence electrons. The summed E-state index contributed by atoms with van der Waals surface area (Å²) in [6, 6.07) is 19.4. The van der Waals surface area contributed by atoms with Gasteiger partial charge in [-0.2, -0.15) is 0 Å². The second-order valence-electron chi connectivity index (χ2n) is 6.43. The molecule has 1 aliphatic rings. The van der Waals surface area contributed by atoms with Crippen molar-refractivity contribution in [2.75, 3.05) is 16.8 Å². The lowest BCUT2D eigenvalue weighted by atomic mass is 10.1. The zero-order valence-electron chi connectivity index (χ0n) is 14.0. The van der Waals surface area contributed by atoms with Crippen molar-refractivity contribution in [3.05, 3.63) is 72.5 Å². The number of hydrogen-bond donors (Lipinski definition) is 1. The van der Waals surface area contributed by atoms with Crippen molar-refractivity contribution in [3.63, 3.8) is 0 Å². The van der Waals surface area contributed by atoms with Gasteiger partial charge in [0.05, 0.1) is 5.92 Å². The molecule has 0 spiro atoms. The van der Waals surface area contributed by atoms with Gasteiger partial charge in [-0.05, 0) is 47.2 Å². The van der Waals surface area contributed by atoms with E-state index in [9.17, 15) is 14.0 Å². The van der Waals surface area contributed by atoms with Gasteiger partial charge in [0, 0.05) is 24.3 Å². The van der Waals surface area contributed by atoms with Crippen LogP contribution in [0.4, 0.5) is 15.8 Å². The lowest BCUT2D eigenvalue weighted by Crippen LogP contribution is -2.28. The van der Waals surface area contributed by atoms with Crippen LogP contribution in [0.25, 0.3) is 10.8 Å². The van der Waals surface area contributed by atoms with Gasteiger partial charge in [0.1, 0.15) is 5.82 Å². The standard InChI is InChI=1S/C21H17FN2O2/c22-17-6-9-19(10-7-17)24-13-16(12-20(24)25)21(26)23-18-8-5-14-3-1-2-4-15(14)11-18/h1-11,16H,12-13H2,(H,23,26)/t16-/m1/s1. The summed E-state index contributed by atoms with van der Waals surface area (Å²) in [5, 5.41) is 5.04. The third kappa shape index (κ3) is 3.16. The Hall–Kier alpha value is -3.21. The largest absolute Gasteiger partial charge is 0.326 e. The molecule has 1 N–H and O–H groups in total. The van der Waals surface area contributed by atoms with Crippen molar-refractivity contribution in [2.24, 2.45) is 5.92 Å². The number of carbonyl (C=O) groups excluding carboxylic acids is 2. The van der Waals surface area contributed by atoms with E-state index in [1.807, 2.05) is 42.5 Å². The predicted molar refractivity (Wildman–Crippen MR) is 99.4 cm³/mol. The van der Waals surface area contributed by atoms with Crippen LogP contribution in [-0.4, -0.2) is 18.4 Å². The molecule has 0 aliphatic carbocycles. The minimum absolute atomic E-state index is 0.129. The summed E-state index contributed by atoms with van der Waals surface area (Å²) < 4.78 is 13.1. The molecule has 4 rings (SSSR count). The molecule has 2 amide bonds. The van der Waals surface area contributed by atoms with E-state index in [4.69, 9.17) is 0 Å². The molecule has 1 fully saturated rings. The zero-order valence-corrected chi connectivity index (χ0v) is 14.0. The quantitative estimate of drug-likeness (QED) is 0.779. The number of rotatable bonds is 3. The Morgan fingerprint density at radius 2 is 1.73 bits per heavy atom. The Bertz CT molecular complexity index is 985. The van der Waals surface area contributed by atoms with Gasteiger partial charge in [0.25, 0.3) is 0 Å². The van der Waals surface area contributed by atoms with E-state index in [0.29, 0.717) is 17.9 Å². The molecule has 3 aromatic carbocycles. The highest BCUT2D eigenvalue weighted by atomic mass is 19.1. The molecule has 0 bridgehead atoms. The molecular weight excluding hydrogens is 331 g/mol. The first-order chi connectivity index (χ1) is 12.6. The maximum atomic E-state index is 13.1. The summed E-state index contributed by atoms with van der Waals surface area (Å²) in [7, 11) is 0. The number of carbonyl (C=O) groups is 2. The summed E-state index contributed by atoms with van der Waals surface area (Å²) >= 11 is 0. The number of fused-ring (bicyclic) bond motifs is 1. The molecule has 5 heteroatoms. The Morgan fingerprint density at radius 3 is 2.50 bits per heavy atom. The van der Waals surface area contributed by atoms with Crippen LogP contribution in [-0.2, 0) is 9.59 Å². The number of hydrogen-bond acceptors (Lipinski definition) is 2. The number of halogens is 1. The van der Waals surface area contributed by atoms with E-state index < -0.39 is 5.92 Å². The first-order valence-corrected chi connectivity index (χ1v) is 8.46. The van der Waals surface area contributed by atoms with E-state index >= 15 is 0 Å². The first kappa shape index (κ1) is 16.3. The average molecular weight is 348 g/mol. The summed E-state index contributed by atoms with van der Waals surface area (Å²) in [6.45, 7) is 0.296. The van der Waals surface area contributed by atoms with E-state index in [0.717, 1.165) is 10.8 Å². The highest BCUT2D eigenvalue weighted by Crippen LogP contribution is 2.27. The topological polar surface area (TPSA) is 49.4 Å². The normalized spacial score (nSPS) is 16.9. The highest BCUT2D eigenvalue weighted by molar-refractivity contribution is 6.04. The van der Waals surface area contributed by atoms with Crippen molar-refractivity contribution in [1.29, 1.82) is 0 Å². The minimum atomic E-state index is -0.431. The van der Waals surface area contributed by atoms with E-state index in [2.05, 4.69) is 5.32 Å². The van der Waals surface area contributed by atoms with Crippen LogP contribution in [0.5, 0.6) is 0 Å². The molecule has 1 aliphatic heterocycles. The predicted octanol–water partition coefficient (Wildman–Crippen LogP) is 3.97. The van der Waals surface area contributed by atoms with Crippen LogP contribution < -0.4 is 10.2 Å². The number of nitrogens with zero attached hydrogens (tertiary/aromatic N) is 1. The molecule has 4 nitrogen and oxygen atoms in total. The average Bonchev–Trinajstić information content (AvgIpc) is 3.04. The lowest BCUT2D eigenvalue weighted by Gasteiger charge is -2.16. The van der Waals surface area contributed by atoms with E-state index in [1.165, 1.54) is 17.0 Å². The molecule has 3 aromatic rings. The van der Waals surface area contributed by atoms with Crippen molar-refractivity contribution in [1.82, 2.24) is 0 Å². The third-order valence-electron chi connectivity index (χ3n) is 4.65. The van der Waals surface area contributed by atoms with Crippen LogP contribution in [0.3, 0.4) is 0 Å². The van der Waals surface area contributed by atoms with Gasteiger partial charge in [-0.1, -0.05) is 30.3 Å². The highest BCUT2D eigenvalue weighted by Gasteiger charge is 2.35. The molecule has 0 aromatic heterocycles. The fraction of sp³-hybridized carbons (Fsp3) is 0.143. The zero-order chi connectivity index (χ0) is 18.1. The van der Waals surface area contributed by atoms with Gasteiger partial charge in [-0.3, -0.25) is 9.59 Å². The molecule has 0 saturated carbocycles. The van der Waals surface area contributed by atoms with Gasteiger partial charge in [-0.15, -0.1) is 0 Å². The molecule has 1 atom stereocenters. The Morgan fingerprint density at radius 1 is 1.00 bits per heavy atom. The second-order valence-corrected chi connectivity index (χ2v) is 6.43. The van der Waals surface area contributed by atoms with Gasteiger partial charge >= 0.3 is 0 Å². The van der Waals surface area contributed by atoms with Crippen LogP contribution >= 0.6 is 0 Å². The van der Waals surface area contributed by atoms with Crippen molar-refractivity contribution < 1.29 is 14.0 Å². The first-order valence-electron chi connectivity index (χ1n) is 8.46. The molecule has 26 heavy (non-hydrogen) atoms. The fourth-order valence-electron chi connectivity index (χ4n) is 3.27. The third-order valence-corrected chi connectivity index (χ3v) is 4.65. The number of nitrogens with one attached hydrogen (secondary N) is 1. The Balaban J connectivity index is 1.48. The summed E-state index contributed by atoms with van der Waals surface area (Å²) in [5.74, 6) is -1.10. The van der Waals surface area contributed by atoms with Crippen LogP contribution in [0.15, 0.2) is 66.7 Å². The number of amides is 2. The van der Waals surface area contributed by atoms with Crippen LogP contribution in [0.1, 0.15) is 6.42 Å². The Kier molecular flexibility index (Phi) is 4.13. The van der Waals surface area contributed by atoms with Crippen LogP contribution in [0.2, 0.25) is 0 Å². The molecule has 1 saturated heterocycles. The van der Waals surface area contributed by atoms with Crippen molar-refractivity contribution >= 4 is 34.0 Å². The number of anilines is 2. The molecule has 1 heterocycles. The maximum Gasteiger partial charge on any atom is 0.229 e. The van der Waals surface area contributed by atoms with Gasteiger partial charge < -0.3 is 10.2 Å². The smallest absolute Gasteiger partial charge is 0.229 e. The summed E-state index contributed by atoms with van der Waals surface area (Å²) in [6.07, 6.45) is 0.150. The van der Waals surface area contributed by atoms with Gasteiger partial charge in [0.15, 0.2) is 0 Å². The molecule has 0 unspecified atom stereocenters. The summed E-state index contributed by atoms with van der Waals surface area (Å²) in [5.41, 5.74) is 1.32. The number of benzene rings is 3. The van der Waals surface area contributed by atoms with Crippen molar-refractivity contribution in [3.8, 4) is 0 Å². The van der Waals surface area contributed by atoms with Crippen LogP contribution in [0, 0.1) is 11.7 Å².